The highest BCUT2D eigenvalue weighted by Gasteiger charge is 2.09. The standard InChI is InChI=1S/C16H13ClN2O/c1-10-13(17)3-2-4-14(10)19-16(20)12-6-5-11-7-8-18-15(11)9-12/h2-9,18H,1H3,(H,19,20). The Hall–Kier alpha value is -2.26. The molecule has 2 aromatic carbocycles. The van der Waals surface area contributed by atoms with E-state index in [1.54, 1.807) is 6.07 Å². The Bertz CT molecular complexity index is 792. The number of hydrogen-bond acceptors (Lipinski definition) is 1. The van der Waals surface area contributed by atoms with Crippen molar-refractivity contribution in [3.8, 4) is 0 Å². The SMILES string of the molecule is Cc1c(Cl)cccc1NC(=O)c1ccc2cc[nH]c2c1. The van der Waals surface area contributed by atoms with Crippen LogP contribution in [0.15, 0.2) is 48.7 Å². The van der Waals surface area contributed by atoms with Crippen molar-refractivity contribution < 1.29 is 4.79 Å². The normalized spacial score (nSPS) is 10.7. The monoisotopic (exact) mass is 284 g/mol. The average molecular weight is 285 g/mol. The summed E-state index contributed by atoms with van der Waals surface area (Å²) in [5.41, 5.74) is 3.15. The van der Waals surface area contributed by atoms with Gasteiger partial charge in [0.2, 0.25) is 0 Å². The van der Waals surface area contributed by atoms with Crippen LogP contribution in [0.25, 0.3) is 10.9 Å². The summed E-state index contributed by atoms with van der Waals surface area (Å²) in [6.45, 7) is 1.88. The van der Waals surface area contributed by atoms with E-state index in [1.807, 2.05) is 49.5 Å². The van der Waals surface area contributed by atoms with Gasteiger partial charge in [0, 0.05) is 28.0 Å². The van der Waals surface area contributed by atoms with Crippen molar-refractivity contribution >= 4 is 34.1 Å². The van der Waals surface area contributed by atoms with Gasteiger partial charge in [-0.25, -0.2) is 0 Å². The molecule has 3 nitrogen and oxygen atoms in total. The minimum Gasteiger partial charge on any atom is -0.361 e. The number of carbonyl (C=O) groups is 1. The van der Waals surface area contributed by atoms with Gasteiger partial charge in [0.1, 0.15) is 0 Å². The van der Waals surface area contributed by atoms with Gasteiger partial charge < -0.3 is 10.3 Å². The number of aromatic amines is 1. The molecule has 0 unspecified atom stereocenters. The summed E-state index contributed by atoms with van der Waals surface area (Å²) in [7, 11) is 0. The molecule has 100 valence electrons. The minimum absolute atomic E-state index is 0.146. The molecule has 0 bridgehead atoms. The number of rotatable bonds is 2. The van der Waals surface area contributed by atoms with Crippen LogP contribution < -0.4 is 5.32 Å². The first kappa shape index (κ1) is 12.8. The molecule has 0 radical (unpaired) electrons. The van der Waals surface area contributed by atoms with Gasteiger partial charge in [-0.3, -0.25) is 4.79 Å². The van der Waals surface area contributed by atoms with Crippen molar-refractivity contribution in [2.24, 2.45) is 0 Å². The maximum Gasteiger partial charge on any atom is 0.255 e. The van der Waals surface area contributed by atoms with E-state index in [2.05, 4.69) is 10.3 Å². The molecule has 0 saturated heterocycles. The smallest absolute Gasteiger partial charge is 0.255 e. The molecule has 0 fully saturated rings. The van der Waals surface area contributed by atoms with E-state index in [9.17, 15) is 4.79 Å². The van der Waals surface area contributed by atoms with E-state index in [0.717, 1.165) is 22.2 Å². The highest BCUT2D eigenvalue weighted by Crippen LogP contribution is 2.24. The van der Waals surface area contributed by atoms with E-state index < -0.39 is 0 Å². The molecule has 1 amide bonds. The van der Waals surface area contributed by atoms with Crippen LogP contribution in [0.4, 0.5) is 5.69 Å². The fourth-order valence-electron chi connectivity index (χ4n) is 2.13. The molecule has 0 atom stereocenters. The average Bonchev–Trinajstić information content (AvgIpc) is 2.91. The molecule has 1 heterocycles. The molecule has 0 aliphatic rings. The molecule has 0 aliphatic carbocycles. The van der Waals surface area contributed by atoms with Gasteiger partial charge in [0.15, 0.2) is 0 Å². The lowest BCUT2D eigenvalue weighted by Crippen LogP contribution is -2.12. The van der Waals surface area contributed by atoms with Crippen molar-refractivity contribution in [3.63, 3.8) is 0 Å². The highest BCUT2D eigenvalue weighted by molar-refractivity contribution is 6.31. The number of carbonyl (C=O) groups excluding carboxylic acids is 1. The third-order valence-electron chi connectivity index (χ3n) is 3.33. The summed E-state index contributed by atoms with van der Waals surface area (Å²) in [6.07, 6.45) is 1.85. The van der Waals surface area contributed by atoms with Crippen LogP contribution in [-0.2, 0) is 0 Å². The van der Waals surface area contributed by atoms with Gasteiger partial charge in [-0.1, -0.05) is 23.7 Å². The Kier molecular flexibility index (Phi) is 3.20. The lowest BCUT2D eigenvalue weighted by atomic mass is 10.1. The van der Waals surface area contributed by atoms with E-state index in [0.29, 0.717) is 10.6 Å². The fourth-order valence-corrected chi connectivity index (χ4v) is 2.30. The van der Waals surface area contributed by atoms with Gasteiger partial charge >= 0.3 is 0 Å². The van der Waals surface area contributed by atoms with Crippen LogP contribution in [0.3, 0.4) is 0 Å². The van der Waals surface area contributed by atoms with Gasteiger partial charge in [0.05, 0.1) is 0 Å². The number of nitrogens with one attached hydrogen (secondary N) is 2. The molecule has 2 N–H and O–H groups in total. The van der Waals surface area contributed by atoms with Crippen molar-refractivity contribution in [1.82, 2.24) is 4.98 Å². The van der Waals surface area contributed by atoms with Crippen LogP contribution in [-0.4, -0.2) is 10.9 Å². The molecular formula is C16H13ClN2O. The van der Waals surface area contributed by atoms with Gasteiger partial charge in [0.25, 0.3) is 5.91 Å². The lowest BCUT2D eigenvalue weighted by molar-refractivity contribution is 0.102. The first-order chi connectivity index (χ1) is 9.65. The third kappa shape index (κ3) is 2.28. The summed E-state index contributed by atoms with van der Waals surface area (Å²) in [5.74, 6) is -0.146. The minimum atomic E-state index is -0.146. The molecule has 4 heteroatoms. The molecule has 0 saturated carbocycles. The summed E-state index contributed by atoms with van der Waals surface area (Å²) in [5, 5.41) is 4.61. The number of hydrogen-bond donors (Lipinski definition) is 2. The fraction of sp³-hybridized carbons (Fsp3) is 0.0625. The quantitative estimate of drug-likeness (QED) is 0.720. The first-order valence-electron chi connectivity index (χ1n) is 6.29. The van der Waals surface area contributed by atoms with Crippen LogP contribution in [0, 0.1) is 6.92 Å². The summed E-state index contributed by atoms with van der Waals surface area (Å²) >= 11 is 6.05. The Labute approximate surface area is 121 Å². The zero-order valence-electron chi connectivity index (χ0n) is 10.9. The van der Waals surface area contributed by atoms with Crippen molar-refractivity contribution in [3.05, 3.63) is 64.8 Å². The van der Waals surface area contributed by atoms with Crippen LogP contribution in [0.1, 0.15) is 15.9 Å². The third-order valence-corrected chi connectivity index (χ3v) is 3.74. The maximum atomic E-state index is 12.3. The molecule has 0 spiro atoms. The second-order valence-corrected chi connectivity index (χ2v) is 5.05. The highest BCUT2D eigenvalue weighted by atomic mass is 35.5. The van der Waals surface area contributed by atoms with Crippen molar-refractivity contribution in [2.75, 3.05) is 5.32 Å². The van der Waals surface area contributed by atoms with Crippen LogP contribution in [0.5, 0.6) is 0 Å². The van der Waals surface area contributed by atoms with Crippen LogP contribution in [0.2, 0.25) is 5.02 Å². The first-order valence-corrected chi connectivity index (χ1v) is 6.66. The number of anilines is 1. The van der Waals surface area contributed by atoms with Crippen molar-refractivity contribution in [2.45, 2.75) is 6.92 Å². The van der Waals surface area contributed by atoms with Crippen molar-refractivity contribution in [1.29, 1.82) is 0 Å². The van der Waals surface area contributed by atoms with Gasteiger partial charge in [-0.2, -0.15) is 0 Å². The predicted molar refractivity (Wildman–Crippen MR) is 82.4 cm³/mol. The maximum absolute atomic E-state index is 12.3. The number of amides is 1. The molecule has 1 aromatic heterocycles. The number of fused-ring (bicyclic) bond motifs is 1. The Morgan fingerprint density at radius 1 is 1.20 bits per heavy atom. The summed E-state index contributed by atoms with van der Waals surface area (Å²) < 4.78 is 0. The number of H-pyrrole nitrogens is 1. The second kappa shape index (κ2) is 5.02. The van der Waals surface area contributed by atoms with E-state index >= 15 is 0 Å². The molecule has 20 heavy (non-hydrogen) atoms. The van der Waals surface area contributed by atoms with E-state index in [-0.39, 0.29) is 5.91 Å². The second-order valence-electron chi connectivity index (χ2n) is 4.65. The molecule has 3 aromatic rings. The Morgan fingerprint density at radius 3 is 2.90 bits per heavy atom. The zero-order chi connectivity index (χ0) is 14.1. The van der Waals surface area contributed by atoms with Gasteiger partial charge in [-0.05, 0) is 48.2 Å². The topological polar surface area (TPSA) is 44.9 Å². The zero-order valence-corrected chi connectivity index (χ0v) is 11.7. The van der Waals surface area contributed by atoms with E-state index in [4.69, 9.17) is 11.6 Å². The molecule has 3 rings (SSSR count). The number of halogens is 1. The Balaban J connectivity index is 1.90. The molecule has 0 aliphatic heterocycles. The lowest BCUT2D eigenvalue weighted by Gasteiger charge is -2.09. The molecular weight excluding hydrogens is 272 g/mol. The Morgan fingerprint density at radius 2 is 2.05 bits per heavy atom. The summed E-state index contributed by atoms with van der Waals surface area (Å²) in [4.78, 5) is 15.4. The summed E-state index contributed by atoms with van der Waals surface area (Å²) in [6, 6.07) is 13.0. The predicted octanol–water partition coefficient (Wildman–Crippen LogP) is 4.38. The van der Waals surface area contributed by atoms with Crippen LogP contribution >= 0.6 is 11.6 Å². The number of aromatic nitrogens is 1. The largest absolute Gasteiger partial charge is 0.361 e. The van der Waals surface area contributed by atoms with E-state index in [1.165, 1.54) is 0 Å². The van der Waals surface area contributed by atoms with Gasteiger partial charge in [-0.15, -0.1) is 0 Å². The number of benzene rings is 2.